The smallest absolute Gasteiger partial charge is 0.305 e. The summed E-state index contributed by atoms with van der Waals surface area (Å²) >= 11 is 3.39. The highest BCUT2D eigenvalue weighted by Gasteiger charge is 1.96. The third kappa shape index (κ3) is 5.12. The predicted octanol–water partition coefficient (Wildman–Crippen LogP) is 3.81. The number of rotatable bonds is 5. The minimum absolute atomic E-state index is 0.142. The molecule has 0 N–H and O–H groups in total. The van der Waals surface area contributed by atoms with Gasteiger partial charge in [0.05, 0.1) is 7.11 Å². The maximum Gasteiger partial charge on any atom is 0.305 e. The molecule has 0 spiro atoms. The van der Waals surface area contributed by atoms with Crippen molar-refractivity contribution in [2.24, 2.45) is 0 Å². The van der Waals surface area contributed by atoms with Gasteiger partial charge in [-0.2, -0.15) is 0 Å². The number of unbranched alkanes of at least 4 members (excludes halogenated alkanes) is 1. The van der Waals surface area contributed by atoms with Gasteiger partial charge in [-0.25, -0.2) is 0 Å². The van der Waals surface area contributed by atoms with E-state index in [-0.39, 0.29) is 5.97 Å². The number of halogens is 1. The van der Waals surface area contributed by atoms with Gasteiger partial charge >= 0.3 is 5.97 Å². The van der Waals surface area contributed by atoms with E-state index in [0.29, 0.717) is 6.42 Å². The van der Waals surface area contributed by atoms with Crippen LogP contribution in [0.3, 0.4) is 0 Å². The number of allylic oxidation sites excluding steroid dienone is 1. The molecule has 0 aromatic heterocycles. The number of carbonyl (C=O) groups excluding carboxylic acids is 1. The number of hydrogen-bond acceptors (Lipinski definition) is 2. The van der Waals surface area contributed by atoms with E-state index in [2.05, 4.69) is 32.8 Å². The first kappa shape index (κ1) is 13.0. The van der Waals surface area contributed by atoms with Gasteiger partial charge in [0.15, 0.2) is 0 Å². The zero-order valence-corrected chi connectivity index (χ0v) is 10.9. The Hall–Kier alpha value is -1.09. The maximum absolute atomic E-state index is 10.8. The summed E-state index contributed by atoms with van der Waals surface area (Å²) in [5.74, 6) is -0.142. The molecular weight excluding hydrogens is 268 g/mol. The lowest BCUT2D eigenvalue weighted by atomic mass is 10.1. The molecule has 0 bridgehead atoms. The molecule has 0 radical (unpaired) electrons. The van der Waals surface area contributed by atoms with E-state index in [9.17, 15) is 4.79 Å². The highest BCUT2D eigenvalue weighted by atomic mass is 79.9. The molecule has 1 aromatic rings. The SMILES string of the molecule is COC(=O)CCC/C=C\c1ccc(Br)cc1. The Labute approximate surface area is 104 Å². The van der Waals surface area contributed by atoms with Gasteiger partial charge in [0.25, 0.3) is 0 Å². The van der Waals surface area contributed by atoms with Crippen LogP contribution in [0.5, 0.6) is 0 Å². The fraction of sp³-hybridized carbons (Fsp3) is 0.308. The molecule has 0 saturated carbocycles. The standard InChI is InChI=1S/C13H15BrO2/c1-16-13(15)6-4-2-3-5-11-7-9-12(14)10-8-11/h3,5,7-10H,2,4,6H2,1H3/b5-3-. The van der Waals surface area contributed by atoms with E-state index >= 15 is 0 Å². The van der Waals surface area contributed by atoms with E-state index < -0.39 is 0 Å². The van der Waals surface area contributed by atoms with Gasteiger partial charge in [-0.3, -0.25) is 4.79 Å². The summed E-state index contributed by atoms with van der Waals surface area (Å²) in [7, 11) is 1.42. The second-order valence-electron chi connectivity index (χ2n) is 3.42. The van der Waals surface area contributed by atoms with Gasteiger partial charge < -0.3 is 4.74 Å². The number of esters is 1. The van der Waals surface area contributed by atoms with Crippen molar-refractivity contribution in [2.45, 2.75) is 19.3 Å². The molecule has 1 aromatic carbocycles. The van der Waals surface area contributed by atoms with Crippen molar-refractivity contribution in [3.05, 3.63) is 40.4 Å². The van der Waals surface area contributed by atoms with Crippen LogP contribution in [0.15, 0.2) is 34.8 Å². The lowest BCUT2D eigenvalue weighted by Gasteiger charge is -1.96. The molecule has 0 saturated heterocycles. The fourth-order valence-electron chi connectivity index (χ4n) is 1.26. The van der Waals surface area contributed by atoms with Gasteiger partial charge in [-0.05, 0) is 30.5 Å². The zero-order chi connectivity index (χ0) is 11.8. The average Bonchev–Trinajstić information content (AvgIpc) is 2.31. The van der Waals surface area contributed by atoms with Crippen LogP contribution in [0.25, 0.3) is 6.08 Å². The van der Waals surface area contributed by atoms with Crippen molar-refractivity contribution in [2.75, 3.05) is 7.11 Å². The largest absolute Gasteiger partial charge is 0.469 e. The van der Waals surface area contributed by atoms with E-state index in [1.54, 1.807) is 0 Å². The molecular formula is C13H15BrO2. The Morgan fingerprint density at radius 3 is 2.69 bits per heavy atom. The molecule has 0 amide bonds. The summed E-state index contributed by atoms with van der Waals surface area (Å²) in [4.78, 5) is 10.8. The predicted molar refractivity (Wildman–Crippen MR) is 69.0 cm³/mol. The highest BCUT2D eigenvalue weighted by Crippen LogP contribution is 2.12. The Morgan fingerprint density at radius 2 is 2.06 bits per heavy atom. The van der Waals surface area contributed by atoms with Gasteiger partial charge in [0, 0.05) is 10.9 Å². The zero-order valence-electron chi connectivity index (χ0n) is 9.28. The first-order valence-electron chi connectivity index (χ1n) is 5.21. The number of carbonyl (C=O) groups is 1. The normalized spacial score (nSPS) is 10.6. The summed E-state index contributed by atoms with van der Waals surface area (Å²) in [5.41, 5.74) is 1.17. The summed E-state index contributed by atoms with van der Waals surface area (Å²) in [5, 5.41) is 0. The third-order valence-electron chi connectivity index (χ3n) is 2.16. The Bertz CT molecular complexity index is 355. The molecule has 0 heterocycles. The quantitative estimate of drug-likeness (QED) is 0.607. The number of benzene rings is 1. The number of hydrogen-bond donors (Lipinski definition) is 0. The van der Waals surface area contributed by atoms with Crippen LogP contribution in [0.2, 0.25) is 0 Å². The minimum Gasteiger partial charge on any atom is -0.469 e. The lowest BCUT2D eigenvalue weighted by Crippen LogP contribution is -1.98. The molecule has 0 aliphatic heterocycles. The van der Waals surface area contributed by atoms with Crippen LogP contribution >= 0.6 is 15.9 Å². The van der Waals surface area contributed by atoms with E-state index in [1.165, 1.54) is 12.7 Å². The topological polar surface area (TPSA) is 26.3 Å². The van der Waals surface area contributed by atoms with Crippen LogP contribution < -0.4 is 0 Å². The highest BCUT2D eigenvalue weighted by molar-refractivity contribution is 9.10. The van der Waals surface area contributed by atoms with Crippen LogP contribution in [-0.4, -0.2) is 13.1 Å². The van der Waals surface area contributed by atoms with Crippen LogP contribution in [0, 0.1) is 0 Å². The molecule has 3 heteroatoms. The third-order valence-corrected chi connectivity index (χ3v) is 2.69. The molecule has 2 nitrogen and oxygen atoms in total. The van der Waals surface area contributed by atoms with Gasteiger partial charge in [0.2, 0.25) is 0 Å². The van der Waals surface area contributed by atoms with E-state index in [1.807, 2.05) is 24.3 Å². The molecule has 0 atom stereocenters. The first-order chi connectivity index (χ1) is 7.72. The number of methoxy groups -OCH3 is 1. The monoisotopic (exact) mass is 282 g/mol. The summed E-state index contributed by atoms with van der Waals surface area (Å²) in [6.07, 6.45) is 6.35. The second-order valence-corrected chi connectivity index (χ2v) is 4.34. The maximum atomic E-state index is 10.8. The number of ether oxygens (including phenoxy) is 1. The second kappa shape index (κ2) is 7.23. The summed E-state index contributed by atoms with van der Waals surface area (Å²) in [6.45, 7) is 0. The first-order valence-corrected chi connectivity index (χ1v) is 6.00. The molecule has 16 heavy (non-hydrogen) atoms. The van der Waals surface area contributed by atoms with Gasteiger partial charge in [0.1, 0.15) is 0 Å². The fourth-order valence-corrected chi connectivity index (χ4v) is 1.52. The summed E-state index contributed by atoms with van der Waals surface area (Å²) < 4.78 is 5.64. The van der Waals surface area contributed by atoms with Crippen molar-refractivity contribution >= 4 is 28.0 Å². The van der Waals surface area contributed by atoms with E-state index in [4.69, 9.17) is 0 Å². The van der Waals surface area contributed by atoms with Crippen LogP contribution in [0.4, 0.5) is 0 Å². The molecule has 0 aliphatic rings. The average molecular weight is 283 g/mol. The molecule has 0 aliphatic carbocycles. The van der Waals surface area contributed by atoms with Crippen molar-refractivity contribution in [3.63, 3.8) is 0 Å². The van der Waals surface area contributed by atoms with Crippen molar-refractivity contribution < 1.29 is 9.53 Å². The molecule has 1 rings (SSSR count). The van der Waals surface area contributed by atoms with Crippen LogP contribution in [0.1, 0.15) is 24.8 Å². The lowest BCUT2D eigenvalue weighted by molar-refractivity contribution is -0.140. The van der Waals surface area contributed by atoms with Crippen molar-refractivity contribution in [3.8, 4) is 0 Å². The van der Waals surface area contributed by atoms with Crippen molar-refractivity contribution in [1.29, 1.82) is 0 Å². The van der Waals surface area contributed by atoms with Gasteiger partial charge in [-0.15, -0.1) is 0 Å². The molecule has 0 fully saturated rings. The Balaban J connectivity index is 2.27. The van der Waals surface area contributed by atoms with Gasteiger partial charge in [-0.1, -0.05) is 40.2 Å². The van der Waals surface area contributed by atoms with Crippen molar-refractivity contribution in [1.82, 2.24) is 0 Å². The molecule has 0 unspecified atom stereocenters. The van der Waals surface area contributed by atoms with E-state index in [0.717, 1.165) is 17.3 Å². The van der Waals surface area contributed by atoms with Crippen LogP contribution in [-0.2, 0) is 9.53 Å². The minimum atomic E-state index is -0.142. The Kier molecular flexibility index (Phi) is 5.86. The Morgan fingerprint density at radius 1 is 1.38 bits per heavy atom. The molecule has 86 valence electrons. The summed E-state index contributed by atoms with van der Waals surface area (Å²) in [6, 6.07) is 8.10.